The van der Waals surface area contributed by atoms with Crippen molar-refractivity contribution in [1.29, 1.82) is 0 Å². The monoisotopic (exact) mass is 396 g/mol. The molecule has 1 aromatic carbocycles. The number of benzene rings is 1. The first-order chi connectivity index (χ1) is 13.7. The predicted octanol–water partition coefficient (Wildman–Crippen LogP) is 2.45. The highest BCUT2D eigenvalue weighted by atomic mass is 32.1. The van der Waals surface area contributed by atoms with Crippen LogP contribution in [0.5, 0.6) is 0 Å². The Bertz CT molecular complexity index is 1010. The van der Waals surface area contributed by atoms with Gasteiger partial charge in [-0.15, -0.1) is 11.3 Å². The van der Waals surface area contributed by atoms with Crippen molar-refractivity contribution in [3.63, 3.8) is 0 Å². The maximum atomic E-state index is 12.2. The van der Waals surface area contributed by atoms with Crippen molar-refractivity contribution in [1.82, 2.24) is 9.55 Å². The Kier molecular flexibility index (Phi) is 5.50. The molecule has 0 bridgehead atoms. The van der Waals surface area contributed by atoms with E-state index in [0.29, 0.717) is 5.69 Å². The van der Waals surface area contributed by atoms with Crippen LogP contribution in [0.1, 0.15) is 0 Å². The summed E-state index contributed by atoms with van der Waals surface area (Å²) >= 11 is 1.63. The number of aromatic nitrogens is 2. The van der Waals surface area contributed by atoms with Crippen LogP contribution in [0.3, 0.4) is 0 Å². The molecular formula is C20H20N4O3S. The number of nitrogens with one attached hydrogen (secondary N) is 1. The van der Waals surface area contributed by atoms with Crippen LogP contribution in [-0.4, -0.2) is 41.8 Å². The molecule has 0 aliphatic carbocycles. The van der Waals surface area contributed by atoms with Crippen LogP contribution in [0.25, 0.3) is 11.3 Å². The number of morpholine rings is 1. The first-order valence-electron chi connectivity index (χ1n) is 9.03. The van der Waals surface area contributed by atoms with Gasteiger partial charge in [-0.25, -0.2) is 4.98 Å². The van der Waals surface area contributed by atoms with E-state index in [1.54, 1.807) is 29.7 Å². The van der Waals surface area contributed by atoms with Gasteiger partial charge in [-0.1, -0.05) is 18.2 Å². The van der Waals surface area contributed by atoms with Crippen molar-refractivity contribution < 1.29 is 9.53 Å². The van der Waals surface area contributed by atoms with E-state index in [2.05, 4.69) is 10.2 Å². The van der Waals surface area contributed by atoms with Crippen LogP contribution in [0, 0.1) is 0 Å². The number of thiazole rings is 1. The Balaban J connectivity index is 1.40. The third kappa shape index (κ3) is 4.29. The number of pyridine rings is 1. The molecule has 2 aromatic heterocycles. The van der Waals surface area contributed by atoms with Gasteiger partial charge < -0.3 is 19.5 Å². The number of anilines is 2. The molecule has 1 N–H and O–H groups in total. The number of nitrogens with zero attached hydrogens (tertiary/aromatic N) is 3. The number of hydrogen-bond donors (Lipinski definition) is 1. The van der Waals surface area contributed by atoms with Crippen LogP contribution in [-0.2, 0) is 16.1 Å². The van der Waals surface area contributed by atoms with E-state index in [0.717, 1.165) is 42.7 Å². The fourth-order valence-corrected chi connectivity index (χ4v) is 3.86. The van der Waals surface area contributed by atoms with Crippen molar-refractivity contribution in [2.24, 2.45) is 0 Å². The third-order valence-corrected chi connectivity index (χ3v) is 5.35. The van der Waals surface area contributed by atoms with E-state index in [9.17, 15) is 9.59 Å². The van der Waals surface area contributed by atoms with Crippen molar-refractivity contribution in [2.75, 3.05) is 36.5 Å². The maximum Gasteiger partial charge on any atom is 0.250 e. The van der Waals surface area contributed by atoms with Gasteiger partial charge in [-0.3, -0.25) is 9.59 Å². The van der Waals surface area contributed by atoms with Gasteiger partial charge in [0.2, 0.25) is 5.91 Å². The van der Waals surface area contributed by atoms with E-state index in [-0.39, 0.29) is 18.0 Å². The molecule has 1 aliphatic heterocycles. The van der Waals surface area contributed by atoms with E-state index in [1.165, 1.54) is 10.6 Å². The Morgan fingerprint density at radius 2 is 1.93 bits per heavy atom. The SMILES string of the molecule is O=C(Cn1ccccc1=O)Nc1ccc(-c2csc(N3CCOCC3)n2)cc1. The van der Waals surface area contributed by atoms with Crippen molar-refractivity contribution >= 4 is 28.1 Å². The lowest BCUT2D eigenvalue weighted by Crippen LogP contribution is -2.36. The molecule has 1 saturated heterocycles. The average molecular weight is 396 g/mol. The van der Waals surface area contributed by atoms with Crippen LogP contribution in [0.2, 0.25) is 0 Å². The zero-order valence-electron chi connectivity index (χ0n) is 15.2. The van der Waals surface area contributed by atoms with Gasteiger partial charge in [0.05, 0.1) is 18.9 Å². The molecule has 7 nitrogen and oxygen atoms in total. The topological polar surface area (TPSA) is 76.5 Å². The molecule has 3 heterocycles. The van der Waals surface area contributed by atoms with Gasteiger partial charge in [-0.2, -0.15) is 0 Å². The maximum absolute atomic E-state index is 12.2. The summed E-state index contributed by atoms with van der Waals surface area (Å²) in [4.78, 5) is 30.8. The summed E-state index contributed by atoms with van der Waals surface area (Å²) < 4.78 is 6.75. The second-order valence-corrected chi connectivity index (χ2v) is 7.24. The van der Waals surface area contributed by atoms with Crippen LogP contribution < -0.4 is 15.8 Å². The van der Waals surface area contributed by atoms with Crippen LogP contribution in [0.15, 0.2) is 58.8 Å². The first kappa shape index (κ1) is 18.4. The van der Waals surface area contributed by atoms with Gasteiger partial charge in [0.1, 0.15) is 6.54 Å². The molecule has 0 saturated carbocycles. The van der Waals surface area contributed by atoms with E-state index < -0.39 is 0 Å². The molecule has 0 unspecified atom stereocenters. The summed E-state index contributed by atoms with van der Waals surface area (Å²) in [5, 5.41) is 5.86. The van der Waals surface area contributed by atoms with Crippen molar-refractivity contribution in [2.45, 2.75) is 6.54 Å². The molecule has 144 valence electrons. The minimum absolute atomic E-state index is 0.0174. The van der Waals surface area contributed by atoms with Gasteiger partial charge >= 0.3 is 0 Å². The van der Waals surface area contributed by atoms with Gasteiger partial charge in [0.25, 0.3) is 5.56 Å². The number of hydrogen-bond acceptors (Lipinski definition) is 6. The molecule has 1 aliphatic rings. The summed E-state index contributed by atoms with van der Waals surface area (Å²) in [5.74, 6) is -0.246. The zero-order valence-corrected chi connectivity index (χ0v) is 16.0. The third-order valence-electron chi connectivity index (χ3n) is 4.45. The second kappa shape index (κ2) is 8.37. The van der Waals surface area contributed by atoms with Gasteiger partial charge in [-0.05, 0) is 18.2 Å². The van der Waals surface area contributed by atoms with E-state index in [4.69, 9.17) is 9.72 Å². The predicted molar refractivity (Wildman–Crippen MR) is 110 cm³/mol. The fourth-order valence-electron chi connectivity index (χ4n) is 2.97. The molecule has 0 radical (unpaired) electrons. The second-order valence-electron chi connectivity index (χ2n) is 6.41. The number of carbonyl (C=O) groups excluding carboxylic acids is 1. The number of ether oxygens (including phenoxy) is 1. The Labute approximate surface area is 166 Å². The molecular weight excluding hydrogens is 376 g/mol. The summed E-state index contributed by atoms with van der Waals surface area (Å²) in [6, 6.07) is 12.4. The number of carbonyl (C=O) groups is 1. The van der Waals surface area contributed by atoms with Crippen molar-refractivity contribution in [3.05, 3.63) is 64.4 Å². The van der Waals surface area contributed by atoms with Gasteiger partial charge in [0.15, 0.2) is 5.13 Å². The fraction of sp³-hybridized carbons (Fsp3) is 0.250. The molecule has 4 rings (SSSR count). The molecule has 1 amide bonds. The highest BCUT2D eigenvalue weighted by molar-refractivity contribution is 7.14. The lowest BCUT2D eigenvalue weighted by Gasteiger charge is -2.26. The molecule has 0 atom stereocenters. The smallest absolute Gasteiger partial charge is 0.250 e. The van der Waals surface area contributed by atoms with E-state index in [1.807, 2.05) is 29.6 Å². The normalized spacial score (nSPS) is 14.1. The molecule has 8 heteroatoms. The highest BCUT2D eigenvalue weighted by Gasteiger charge is 2.15. The summed E-state index contributed by atoms with van der Waals surface area (Å²) in [7, 11) is 0. The lowest BCUT2D eigenvalue weighted by atomic mass is 10.1. The quantitative estimate of drug-likeness (QED) is 0.717. The Hall–Kier alpha value is -2.97. The highest BCUT2D eigenvalue weighted by Crippen LogP contribution is 2.28. The average Bonchev–Trinajstić information content (AvgIpc) is 3.21. The zero-order chi connectivity index (χ0) is 19.3. The lowest BCUT2D eigenvalue weighted by molar-refractivity contribution is -0.116. The Morgan fingerprint density at radius 3 is 2.68 bits per heavy atom. The number of rotatable bonds is 5. The minimum Gasteiger partial charge on any atom is -0.378 e. The Morgan fingerprint density at radius 1 is 1.14 bits per heavy atom. The molecule has 28 heavy (non-hydrogen) atoms. The molecule has 0 spiro atoms. The number of amides is 1. The summed E-state index contributed by atoms with van der Waals surface area (Å²) in [6.45, 7) is 3.18. The van der Waals surface area contributed by atoms with Crippen LogP contribution in [0.4, 0.5) is 10.8 Å². The van der Waals surface area contributed by atoms with Gasteiger partial charge in [0, 0.05) is 42.0 Å². The standard InChI is InChI=1S/C20H20N4O3S/c25-18(13-24-8-2-1-3-19(24)26)21-16-6-4-15(5-7-16)17-14-28-20(22-17)23-9-11-27-12-10-23/h1-8,14H,9-13H2,(H,21,25). The first-order valence-corrected chi connectivity index (χ1v) is 9.91. The largest absolute Gasteiger partial charge is 0.378 e. The van der Waals surface area contributed by atoms with E-state index >= 15 is 0 Å². The molecule has 1 fully saturated rings. The molecule has 3 aromatic rings. The van der Waals surface area contributed by atoms with Crippen LogP contribution >= 0.6 is 11.3 Å². The summed E-state index contributed by atoms with van der Waals surface area (Å²) in [6.07, 6.45) is 1.60. The minimum atomic E-state index is -0.246. The summed E-state index contributed by atoms with van der Waals surface area (Å²) in [5.41, 5.74) is 2.39. The van der Waals surface area contributed by atoms with Crippen molar-refractivity contribution in [3.8, 4) is 11.3 Å².